The van der Waals surface area contributed by atoms with Crippen molar-refractivity contribution in [2.75, 3.05) is 31.2 Å². The van der Waals surface area contributed by atoms with Crippen molar-refractivity contribution in [3.8, 4) is 0 Å². The summed E-state index contributed by atoms with van der Waals surface area (Å²) in [5, 5.41) is 3.29. The Kier molecular flexibility index (Phi) is 5.71. The summed E-state index contributed by atoms with van der Waals surface area (Å²) in [4.78, 5) is 6.56. The molecule has 0 aromatic carbocycles. The van der Waals surface area contributed by atoms with Crippen LogP contribution in [0.25, 0.3) is 0 Å². The molecule has 0 aliphatic rings. The molecular weight excluding hydrogens is 280 g/mol. The maximum atomic E-state index is 5.63. The highest BCUT2D eigenvalue weighted by Crippen LogP contribution is 2.21. The first kappa shape index (κ1) is 14.3. The average molecular weight is 301 g/mol. The van der Waals surface area contributed by atoms with E-state index in [1.54, 1.807) is 6.20 Å². The molecule has 4 nitrogen and oxygen atoms in total. The van der Waals surface area contributed by atoms with Crippen molar-refractivity contribution in [1.29, 1.82) is 0 Å². The van der Waals surface area contributed by atoms with Gasteiger partial charge in [0.25, 0.3) is 0 Å². The van der Waals surface area contributed by atoms with Gasteiger partial charge in [-0.2, -0.15) is 0 Å². The highest BCUT2D eigenvalue weighted by atomic mass is 79.9. The molecule has 1 rings (SSSR count). The Morgan fingerprint density at radius 3 is 2.82 bits per heavy atom. The Morgan fingerprint density at radius 1 is 1.53 bits per heavy atom. The van der Waals surface area contributed by atoms with Gasteiger partial charge in [0.15, 0.2) is 0 Å². The van der Waals surface area contributed by atoms with Crippen molar-refractivity contribution in [3.63, 3.8) is 0 Å². The third-order valence-electron chi connectivity index (χ3n) is 2.72. The van der Waals surface area contributed by atoms with E-state index in [1.807, 2.05) is 6.07 Å². The number of halogens is 1. The first-order valence-corrected chi connectivity index (χ1v) is 6.65. The molecule has 0 radical (unpaired) electrons. The second-order valence-electron chi connectivity index (χ2n) is 4.45. The molecule has 0 spiro atoms. The molecule has 5 heteroatoms. The van der Waals surface area contributed by atoms with Gasteiger partial charge in [-0.1, -0.05) is 0 Å². The van der Waals surface area contributed by atoms with E-state index in [1.165, 1.54) is 0 Å². The van der Waals surface area contributed by atoms with Gasteiger partial charge in [0.2, 0.25) is 0 Å². The van der Waals surface area contributed by atoms with Crippen LogP contribution in [0.3, 0.4) is 0 Å². The van der Waals surface area contributed by atoms with Crippen LogP contribution >= 0.6 is 15.9 Å². The highest BCUT2D eigenvalue weighted by molar-refractivity contribution is 9.10. The van der Waals surface area contributed by atoms with E-state index < -0.39 is 0 Å². The molecule has 17 heavy (non-hydrogen) atoms. The third-order valence-corrected chi connectivity index (χ3v) is 3.33. The fourth-order valence-electron chi connectivity index (χ4n) is 1.38. The fraction of sp³-hybridized carbons (Fsp3) is 0.583. The highest BCUT2D eigenvalue weighted by Gasteiger charge is 2.03. The Balaban J connectivity index is 2.31. The van der Waals surface area contributed by atoms with Crippen LogP contribution in [-0.2, 0) is 0 Å². The summed E-state index contributed by atoms with van der Waals surface area (Å²) >= 11 is 3.44. The Hall–Kier alpha value is -0.810. The van der Waals surface area contributed by atoms with Gasteiger partial charge in [0.1, 0.15) is 5.82 Å². The number of pyridine rings is 1. The van der Waals surface area contributed by atoms with Crippen LogP contribution in [0.15, 0.2) is 16.7 Å². The summed E-state index contributed by atoms with van der Waals surface area (Å²) in [7, 11) is 2.14. The lowest BCUT2D eigenvalue weighted by atomic mass is 10.3. The van der Waals surface area contributed by atoms with E-state index in [4.69, 9.17) is 5.73 Å². The minimum absolute atomic E-state index is 0.594. The van der Waals surface area contributed by atoms with Gasteiger partial charge in [0, 0.05) is 12.6 Å². The molecule has 96 valence electrons. The van der Waals surface area contributed by atoms with Crippen molar-refractivity contribution in [2.45, 2.75) is 26.3 Å². The second-order valence-corrected chi connectivity index (χ2v) is 5.31. The van der Waals surface area contributed by atoms with Crippen LogP contribution < -0.4 is 11.1 Å². The van der Waals surface area contributed by atoms with Crippen LogP contribution in [-0.4, -0.2) is 36.1 Å². The minimum atomic E-state index is 0.594. The number of anilines is 2. The van der Waals surface area contributed by atoms with Crippen molar-refractivity contribution in [1.82, 2.24) is 9.88 Å². The summed E-state index contributed by atoms with van der Waals surface area (Å²) in [5.74, 6) is 0.853. The van der Waals surface area contributed by atoms with Crippen LogP contribution in [0.4, 0.5) is 11.5 Å². The Bertz CT molecular complexity index is 354. The number of hydrogen-bond donors (Lipinski definition) is 2. The predicted octanol–water partition coefficient (Wildman–Crippen LogP) is 2.57. The molecule has 0 bridgehead atoms. The van der Waals surface area contributed by atoms with Crippen molar-refractivity contribution in [2.24, 2.45) is 0 Å². The zero-order valence-electron chi connectivity index (χ0n) is 10.7. The van der Waals surface area contributed by atoms with Crippen LogP contribution in [0, 0.1) is 0 Å². The van der Waals surface area contributed by atoms with Crippen LogP contribution in [0.1, 0.15) is 20.3 Å². The number of nitrogens with zero attached hydrogens (tertiary/aromatic N) is 2. The van der Waals surface area contributed by atoms with E-state index in [0.29, 0.717) is 11.7 Å². The zero-order chi connectivity index (χ0) is 12.8. The molecule has 1 heterocycles. The molecule has 0 saturated carbocycles. The normalized spacial score (nSPS) is 11.2. The van der Waals surface area contributed by atoms with Crippen molar-refractivity contribution in [3.05, 3.63) is 16.7 Å². The molecule has 0 unspecified atom stereocenters. The smallest absolute Gasteiger partial charge is 0.140 e. The summed E-state index contributed by atoms with van der Waals surface area (Å²) in [6.45, 7) is 6.39. The van der Waals surface area contributed by atoms with Gasteiger partial charge in [-0.3, -0.25) is 0 Å². The largest absolute Gasteiger partial charge is 0.397 e. The SMILES string of the molecule is CC(C)N(C)CCCNc1ncc(N)cc1Br. The number of hydrogen-bond acceptors (Lipinski definition) is 4. The standard InChI is InChI=1S/C12H21BrN4/c1-9(2)17(3)6-4-5-15-12-11(13)7-10(14)8-16-12/h7-9H,4-6,14H2,1-3H3,(H,15,16). The second kappa shape index (κ2) is 6.81. The van der Waals surface area contributed by atoms with Gasteiger partial charge in [-0.05, 0) is 55.9 Å². The van der Waals surface area contributed by atoms with Gasteiger partial charge in [-0.25, -0.2) is 4.98 Å². The molecule has 3 N–H and O–H groups in total. The molecule has 0 aliphatic heterocycles. The molecule has 0 atom stereocenters. The Labute approximate surface area is 112 Å². The molecular formula is C12H21BrN4. The summed E-state index contributed by atoms with van der Waals surface area (Å²) in [6.07, 6.45) is 2.75. The van der Waals surface area contributed by atoms with Gasteiger partial charge >= 0.3 is 0 Å². The van der Waals surface area contributed by atoms with E-state index in [2.05, 4.69) is 52.0 Å². The van der Waals surface area contributed by atoms with E-state index >= 15 is 0 Å². The molecule has 1 aromatic rings. The third kappa shape index (κ3) is 4.91. The molecule has 0 fully saturated rings. The number of nitrogen functional groups attached to an aromatic ring is 1. The first-order valence-electron chi connectivity index (χ1n) is 5.86. The van der Waals surface area contributed by atoms with Crippen LogP contribution in [0.5, 0.6) is 0 Å². The fourth-order valence-corrected chi connectivity index (χ4v) is 1.88. The van der Waals surface area contributed by atoms with Crippen molar-refractivity contribution >= 4 is 27.4 Å². The molecule has 1 aromatic heterocycles. The average Bonchev–Trinajstić information content (AvgIpc) is 2.26. The number of aromatic nitrogens is 1. The predicted molar refractivity (Wildman–Crippen MR) is 77.2 cm³/mol. The van der Waals surface area contributed by atoms with Crippen molar-refractivity contribution < 1.29 is 0 Å². The first-order chi connectivity index (χ1) is 8.00. The number of nitrogens with one attached hydrogen (secondary N) is 1. The number of rotatable bonds is 6. The Morgan fingerprint density at radius 2 is 2.24 bits per heavy atom. The summed E-state index contributed by atoms with van der Waals surface area (Å²) in [5.41, 5.74) is 6.30. The maximum Gasteiger partial charge on any atom is 0.140 e. The zero-order valence-corrected chi connectivity index (χ0v) is 12.3. The molecule has 0 amide bonds. The van der Waals surface area contributed by atoms with Gasteiger partial charge in [0.05, 0.1) is 16.4 Å². The molecule has 0 aliphatic carbocycles. The lowest BCUT2D eigenvalue weighted by molar-refractivity contribution is 0.273. The quantitative estimate of drug-likeness (QED) is 0.793. The minimum Gasteiger partial charge on any atom is -0.397 e. The van der Waals surface area contributed by atoms with E-state index in [-0.39, 0.29) is 0 Å². The number of nitrogens with two attached hydrogens (primary N) is 1. The topological polar surface area (TPSA) is 54.2 Å². The molecule has 0 saturated heterocycles. The lowest BCUT2D eigenvalue weighted by Gasteiger charge is -2.20. The van der Waals surface area contributed by atoms with Gasteiger partial charge < -0.3 is 16.0 Å². The lowest BCUT2D eigenvalue weighted by Crippen LogP contribution is -2.28. The summed E-state index contributed by atoms with van der Waals surface area (Å²) in [6, 6.07) is 2.45. The maximum absolute atomic E-state index is 5.63. The monoisotopic (exact) mass is 300 g/mol. The van der Waals surface area contributed by atoms with Gasteiger partial charge in [-0.15, -0.1) is 0 Å². The van der Waals surface area contributed by atoms with Crippen LogP contribution in [0.2, 0.25) is 0 Å². The summed E-state index contributed by atoms with van der Waals surface area (Å²) < 4.78 is 0.912. The van der Waals surface area contributed by atoms with E-state index in [0.717, 1.165) is 29.8 Å². The van der Waals surface area contributed by atoms with E-state index in [9.17, 15) is 0 Å².